The minimum absolute atomic E-state index is 0.0144. The molecule has 18 N–H and O–H groups in total. The first-order chi connectivity index (χ1) is 54.1. The number of aromatic nitrogens is 12. The van der Waals surface area contributed by atoms with Crippen LogP contribution in [0.2, 0.25) is 0 Å². The molecule has 0 radical (unpaired) electrons. The van der Waals surface area contributed by atoms with Gasteiger partial charge in [-0.15, -0.1) is 0 Å². The molecule has 59 heteroatoms. The fourth-order valence-corrected chi connectivity index (χ4v) is 13.9. The molecule has 4 aliphatic rings. The molecular weight excluding hydrogens is 1630 g/mol. The van der Waals surface area contributed by atoms with Crippen LogP contribution < -0.4 is 39.6 Å². The number of hydrogen-bond acceptors (Lipinski definition) is 40. The molecule has 6 aromatic heterocycles. The van der Waals surface area contributed by atoms with Crippen LogP contribution in [0.15, 0.2) is 69.7 Å². The van der Waals surface area contributed by atoms with Gasteiger partial charge < -0.3 is 106 Å². The van der Waals surface area contributed by atoms with Crippen molar-refractivity contribution in [2.75, 3.05) is 69.1 Å². The molecule has 0 saturated carbocycles. The van der Waals surface area contributed by atoms with Gasteiger partial charge in [-0.05, 0) is 69.6 Å². The summed E-state index contributed by atoms with van der Waals surface area (Å²) < 4.78 is 122. The molecule has 630 valence electrons. The maximum Gasteiger partial charge on any atom is 0.472 e. The van der Waals surface area contributed by atoms with E-state index in [1.807, 2.05) is 0 Å². The van der Waals surface area contributed by atoms with E-state index in [-0.39, 0.29) is 96.3 Å². The predicted octanol–water partition coefficient (Wildman–Crippen LogP) is -0.154. The Labute approximate surface area is 645 Å². The van der Waals surface area contributed by atoms with Crippen LogP contribution in [0.3, 0.4) is 0 Å². The number of nitriles is 1. The van der Waals surface area contributed by atoms with Gasteiger partial charge in [0.2, 0.25) is 0 Å². The van der Waals surface area contributed by atoms with Gasteiger partial charge in [-0.1, -0.05) is 17.2 Å². The number of azide groups is 2. The van der Waals surface area contributed by atoms with E-state index in [2.05, 4.69) is 79.0 Å². The zero-order chi connectivity index (χ0) is 84.5. The smallest absolute Gasteiger partial charge is 0.455 e. The summed E-state index contributed by atoms with van der Waals surface area (Å²) in [4.78, 5) is 157. The highest BCUT2D eigenvalue weighted by atomic mass is 31.2. The van der Waals surface area contributed by atoms with Crippen molar-refractivity contribution in [2.24, 2.45) is 16.1 Å². The average molecular weight is 1710 g/mol. The number of carbonyl (C=O) groups is 3. The zero-order valence-electron chi connectivity index (χ0n) is 60.7. The van der Waals surface area contributed by atoms with Crippen LogP contribution in [0.5, 0.6) is 0 Å². The number of carbonyl (C=O) groups excluding carboxylic acids is 3. The number of anilines is 4. The first kappa shape index (κ1) is 91.1. The Hall–Kier alpha value is -9.46. The number of aliphatic hydroxyl groups is 3. The highest BCUT2D eigenvalue weighted by Crippen LogP contribution is 2.52. The summed E-state index contributed by atoms with van der Waals surface area (Å²) in [6.45, 7) is 3.29. The maximum atomic E-state index is 13.7. The molecule has 6 aromatic rings. The minimum Gasteiger partial charge on any atom is -0.455 e. The number of ether oxygens (including phenoxy) is 7. The molecule has 10 heterocycles. The van der Waals surface area contributed by atoms with Gasteiger partial charge in [0.05, 0.1) is 45.0 Å². The third-order valence-electron chi connectivity index (χ3n) is 16.5. The first-order valence-electron chi connectivity index (χ1n) is 33.8. The number of nitrogens with two attached hydrogens (primary N) is 4. The van der Waals surface area contributed by atoms with Gasteiger partial charge in [0.25, 0.3) is 0 Å². The number of esters is 2. The van der Waals surface area contributed by atoms with Crippen molar-refractivity contribution in [3.05, 3.63) is 91.7 Å². The summed E-state index contributed by atoms with van der Waals surface area (Å²) >= 11 is 0. The second-order valence-corrected chi connectivity index (χ2v) is 31.2. The van der Waals surface area contributed by atoms with Crippen LogP contribution in [-0.4, -0.2) is 240 Å². The Kier molecular flexibility index (Phi) is 31.6. The van der Waals surface area contributed by atoms with Gasteiger partial charge in [0, 0.05) is 48.1 Å². The molecule has 55 nitrogen and oxygen atoms in total. The minimum atomic E-state index is -5.24. The lowest BCUT2D eigenvalue weighted by Gasteiger charge is -2.26. The molecule has 4 aliphatic heterocycles. The molecule has 0 aliphatic carbocycles. The van der Waals surface area contributed by atoms with Crippen LogP contribution in [0.1, 0.15) is 91.1 Å². The molecule has 10 rings (SSSR count). The van der Waals surface area contributed by atoms with Gasteiger partial charge in [0.15, 0.2) is 48.1 Å². The number of alkyl carbamates (subject to hydrolysis) is 1. The lowest BCUT2D eigenvalue weighted by Crippen LogP contribution is -2.47. The van der Waals surface area contributed by atoms with E-state index >= 15 is 0 Å². The average Bonchev–Trinajstić information content (AvgIpc) is 1.62. The Morgan fingerprint density at radius 2 is 1.10 bits per heavy atom. The third kappa shape index (κ3) is 26.0. The van der Waals surface area contributed by atoms with Crippen LogP contribution in [0.4, 0.5) is 28.1 Å². The Bertz CT molecular complexity index is 4860. The number of nitrogens with one attached hydrogen (secondary N) is 1. The second-order valence-electron chi connectivity index (χ2n) is 25.9. The van der Waals surface area contributed by atoms with Gasteiger partial charge in [-0.2, -0.15) is 15.2 Å². The molecule has 0 spiro atoms. The maximum absolute atomic E-state index is 13.7. The van der Waals surface area contributed by atoms with Gasteiger partial charge in [0.1, 0.15) is 120 Å². The number of amides is 1. The SMILES string of the molecule is CC(C)(C)OC(=O)N[C@@H](CCCN=[N+]=[N-])C(=O)O[C@H]1[C@@H](O)[C@H](n2cnc3c(N)ncnc32)O[C@@H]1COP(=O)(O)O[C@H]1C[C@H](n2ccc(N)nc2=O)O[C@@H]1COP(=O)(O)O.C[C@@H](CCCN=[N+]=[N-])C(=O)OCC#N.Nc1ccn([C@H]2C[C@H](OP(=O)(O)OC[C@H]3O[C@@H](n4cnc5c(N)ncnc54)[C@H](O)[C@@H]3O)[C@@H](COP(=O)(O)O)O2)c(=O)n1. The number of phosphoric ester groups is 4. The molecule has 2 unspecified atom stereocenters. The predicted molar refractivity (Wildman–Crippen MR) is 381 cm³/mol. The summed E-state index contributed by atoms with van der Waals surface area (Å²) in [5.74, 6) is -1.88. The molecule has 4 fully saturated rings. The van der Waals surface area contributed by atoms with Crippen molar-refractivity contribution in [1.29, 1.82) is 5.26 Å². The van der Waals surface area contributed by atoms with Gasteiger partial charge in [-0.3, -0.25) is 50.2 Å². The van der Waals surface area contributed by atoms with E-state index in [0.29, 0.717) is 19.4 Å². The number of fused-ring (bicyclic) bond motifs is 2. The van der Waals surface area contributed by atoms with E-state index in [9.17, 15) is 77.1 Å². The number of hydrogen-bond donors (Lipinski definition) is 14. The number of rotatable bonds is 33. The molecule has 1 amide bonds. The van der Waals surface area contributed by atoms with Crippen LogP contribution in [0, 0.1) is 17.2 Å². The van der Waals surface area contributed by atoms with Crippen molar-refractivity contribution in [3.8, 4) is 6.07 Å². The molecule has 0 bridgehead atoms. The number of nitrogens with zero attached hydrogens (tertiary/aromatic N) is 19. The third-order valence-corrected chi connectivity index (χ3v) is 19.5. The highest BCUT2D eigenvalue weighted by Gasteiger charge is 2.52. The summed E-state index contributed by atoms with van der Waals surface area (Å²) in [6, 6.07) is 2.86. The molecular formula is C56H80N24O31P4. The largest absolute Gasteiger partial charge is 0.472 e. The van der Waals surface area contributed by atoms with E-state index < -0.39 is 179 Å². The molecule has 0 aromatic carbocycles. The normalized spacial score (nSPS) is 24.9. The van der Waals surface area contributed by atoms with Crippen molar-refractivity contribution >= 4 is 94.9 Å². The highest BCUT2D eigenvalue weighted by molar-refractivity contribution is 7.47. The summed E-state index contributed by atoms with van der Waals surface area (Å²) in [6.07, 6.45) is -13.4. The number of phosphoric acid groups is 4. The fraction of sp³-hybridized carbons (Fsp3) is 0.607. The molecule has 115 heavy (non-hydrogen) atoms. The Balaban J connectivity index is 0.000000255. The monoisotopic (exact) mass is 1710 g/mol. The van der Waals surface area contributed by atoms with E-state index in [0.717, 1.165) is 15.5 Å². The van der Waals surface area contributed by atoms with Gasteiger partial charge >= 0.3 is 60.7 Å². The number of nitrogen functional groups attached to an aromatic ring is 4. The van der Waals surface area contributed by atoms with E-state index in [1.165, 1.54) is 52.6 Å². The number of aliphatic hydroxyl groups excluding tert-OH is 3. The fourth-order valence-electron chi connectivity index (χ4n) is 11.3. The zero-order valence-corrected chi connectivity index (χ0v) is 64.2. The van der Waals surface area contributed by atoms with Crippen molar-refractivity contribution in [1.82, 2.24) is 63.5 Å². The quantitative estimate of drug-likeness (QED) is 0.00484. The summed E-state index contributed by atoms with van der Waals surface area (Å²) in [5.41, 5.74) is 37.4. The topological polar surface area (TPSA) is 816 Å². The van der Waals surface area contributed by atoms with Crippen molar-refractivity contribution in [2.45, 2.75) is 164 Å². The standard InChI is InChI=1S/C29H42N12O16P2.C19H26N8O13P2.C8H12N4O2/c1-29(2,3)56-28(45)37-14(5-4-7-36-39-32)26(43)55-22-17(54-25(21(22)42)41-13-35-20-23(31)33-12-34-24(20)41)11-52-59(49,50)57-15-9-19(40-8-6-18(30)38-27(40)44)53-16(15)10-51-58(46,47)48;20-11-1-2-26(19(30)25-11)12-3-8(9(38-12)4-36-41(31,32)33)40-42(34,35)37-5-10-14(28)15(29)18(39-10)27-7-24-13-16(21)22-6-23-17(13)27;1-7(3-2-5-11-12-10)8(13)14-6-4-9/h6,8,12-17,19,21-22,25,42H,4-5,7,9-11H2,1-3H3,(H,37,45)(H,49,50)(H2,30,38,44)(H2,31,33,34)(H2,46,47,48);1-2,6-10,12,14-15,18,28-29H,3-5H2,(H,34,35)(H2,20,25,30)(H2,21,22,23)(H2,31,32,33);7H,2-3,5-6H2,1H3/t14-,15-,16+,17+,19+,21+,22+,25+;8-,9+,10+,12+,14+,15+,18+;7-/m000/s1. The lowest BCUT2D eigenvalue weighted by molar-refractivity contribution is -0.159. The summed E-state index contributed by atoms with van der Waals surface area (Å²) in [7, 11) is -20.3. The summed E-state index contributed by atoms with van der Waals surface area (Å²) in [5, 5.41) is 50.0. The van der Waals surface area contributed by atoms with E-state index in [4.69, 9.17) is 95.6 Å². The van der Waals surface area contributed by atoms with Crippen LogP contribution in [0.25, 0.3) is 43.2 Å². The van der Waals surface area contributed by atoms with Crippen molar-refractivity contribution in [3.63, 3.8) is 0 Å². The van der Waals surface area contributed by atoms with E-state index in [1.54, 1.807) is 33.8 Å². The Morgan fingerprint density at radius 3 is 1.55 bits per heavy atom. The molecule has 4 saturated heterocycles. The second kappa shape index (κ2) is 39.9. The molecule has 18 atom stereocenters. The van der Waals surface area contributed by atoms with Crippen LogP contribution >= 0.6 is 31.3 Å². The van der Waals surface area contributed by atoms with Gasteiger partial charge in [-0.25, -0.2) is 67.3 Å². The van der Waals surface area contributed by atoms with Crippen LogP contribution in [-0.2, 0) is 88.1 Å². The number of imidazole rings is 2. The lowest BCUT2D eigenvalue weighted by atomic mass is 10.1. The Morgan fingerprint density at radius 1 is 0.643 bits per heavy atom. The first-order valence-corrected chi connectivity index (χ1v) is 39.8. The van der Waals surface area contributed by atoms with Crippen molar-refractivity contribution < 1.29 is 138 Å².